The zero-order chi connectivity index (χ0) is 18.5. The van der Waals surface area contributed by atoms with Crippen LogP contribution in [0.1, 0.15) is 27.2 Å². The maximum absolute atomic E-state index is 12.4. The molecule has 0 spiro atoms. The maximum Gasteiger partial charge on any atom is 0.251 e. The molecular formula is C21H24N4O. The lowest BCUT2D eigenvalue weighted by Gasteiger charge is -2.11. The fraction of sp³-hybridized carbons (Fsp3) is 0.238. The summed E-state index contributed by atoms with van der Waals surface area (Å²) in [5, 5.41) is 7.24. The second kappa shape index (κ2) is 7.97. The van der Waals surface area contributed by atoms with Gasteiger partial charge in [-0.05, 0) is 62.5 Å². The SMILES string of the molecule is Cc1ccnn1-c1ccc(C(=O)NCc2ccc(CN(C)C)cc2)cc1. The molecule has 3 aromatic rings. The molecule has 2 aromatic carbocycles. The standard InChI is InChI=1S/C21H24N4O/c1-16-12-13-23-25(16)20-10-8-19(9-11-20)21(26)22-14-17-4-6-18(7-5-17)15-24(2)3/h4-13H,14-15H2,1-3H3,(H,22,26). The molecule has 1 heterocycles. The predicted octanol–water partition coefficient (Wildman–Crippen LogP) is 3.17. The van der Waals surface area contributed by atoms with E-state index >= 15 is 0 Å². The van der Waals surface area contributed by atoms with Crippen molar-refractivity contribution in [2.75, 3.05) is 14.1 Å². The summed E-state index contributed by atoms with van der Waals surface area (Å²) in [6.45, 7) is 3.42. The van der Waals surface area contributed by atoms with Crippen molar-refractivity contribution in [3.8, 4) is 5.69 Å². The molecule has 0 bridgehead atoms. The molecule has 0 aliphatic heterocycles. The molecule has 0 fully saturated rings. The summed E-state index contributed by atoms with van der Waals surface area (Å²) in [4.78, 5) is 14.5. The van der Waals surface area contributed by atoms with Crippen LogP contribution in [0.15, 0.2) is 60.8 Å². The molecule has 1 N–H and O–H groups in total. The van der Waals surface area contributed by atoms with Gasteiger partial charge in [-0.25, -0.2) is 4.68 Å². The monoisotopic (exact) mass is 348 g/mol. The van der Waals surface area contributed by atoms with Crippen LogP contribution in [0.2, 0.25) is 0 Å². The number of rotatable bonds is 6. The van der Waals surface area contributed by atoms with E-state index in [1.54, 1.807) is 6.20 Å². The van der Waals surface area contributed by atoms with Crippen LogP contribution in [0.3, 0.4) is 0 Å². The molecular weight excluding hydrogens is 324 g/mol. The van der Waals surface area contributed by atoms with Crippen molar-refractivity contribution in [2.45, 2.75) is 20.0 Å². The Hall–Kier alpha value is -2.92. The third-order valence-electron chi connectivity index (χ3n) is 4.18. The van der Waals surface area contributed by atoms with Crippen LogP contribution in [0.25, 0.3) is 5.69 Å². The van der Waals surface area contributed by atoms with E-state index in [4.69, 9.17) is 0 Å². The van der Waals surface area contributed by atoms with Crippen LogP contribution in [-0.2, 0) is 13.1 Å². The number of nitrogens with zero attached hydrogens (tertiary/aromatic N) is 3. The minimum absolute atomic E-state index is 0.0777. The number of benzene rings is 2. The van der Waals surface area contributed by atoms with Gasteiger partial charge in [0.15, 0.2) is 0 Å². The zero-order valence-electron chi connectivity index (χ0n) is 15.4. The first-order valence-electron chi connectivity index (χ1n) is 8.65. The highest BCUT2D eigenvalue weighted by molar-refractivity contribution is 5.94. The van der Waals surface area contributed by atoms with Crippen LogP contribution < -0.4 is 5.32 Å². The Morgan fingerprint density at radius 1 is 1.00 bits per heavy atom. The van der Waals surface area contributed by atoms with Gasteiger partial charge >= 0.3 is 0 Å². The highest BCUT2D eigenvalue weighted by Crippen LogP contribution is 2.12. The van der Waals surface area contributed by atoms with Crippen LogP contribution in [-0.4, -0.2) is 34.7 Å². The summed E-state index contributed by atoms with van der Waals surface area (Å²) < 4.78 is 1.84. The Labute approximate surface area is 154 Å². The fourth-order valence-corrected chi connectivity index (χ4v) is 2.81. The topological polar surface area (TPSA) is 50.2 Å². The number of carbonyl (C=O) groups excluding carboxylic acids is 1. The zero-order valence-corrected chi connectivity index (χ0v) is 15.4. The molecule has 1 aromatic heterocycles. The molecule has 0 radical (unpaired) electrons. The average molecular weight is 348 g/mol. The van der Waals surface area contributed by atoms with Gasteiger partial charge in [0.1, 0.15) is 0 Å². The molecule has 1 amide bonds. The van der Waals surface area contributed by atoms with E-state index in [-0.39, 0.29) is 5.91 Å². The molecule has 0 saturated heterocycles. The number of aromatic nitrogens is 2. The number of carbonyl (C=O) groups is 1. The van der Waals surface area contributed by atoms with E-state index in [2.05, 4.69) is 39.6 Å². The van der Waals surface area contributed by atoms with Crippen molar-refractivity contribution < 1.29 is 4.79 Å². The minimum atomic E-state index is -0.0777. The first-order valence-corrected chi connectivity index (χ1v) is 8.65. The van der Waals surface area contributed by atoms with Crippen molar-refractivity contribution >= 4 is 5.91 Å². The van der Waals surface area contributed by atoms with Gasteiger partial charge in [0, 0.05) is 30.5 Å². The number of hydrogen-bond donors (Lipinski definition) is 1. The Morgan fingerprint density at radius 2 is 1.65 bits per heavy atom. The highest BCUT2D eigenvalue weighted by atomic mass is 16.1. The number of hydrogen-bond acceptors (Lipinski definition) is 3. The van der Waals surface area contributed by atoms with Gasteiger partial charge in [0.05, 0.1) is 5.69 Å². The molecule has 5 nitrogen and oxygen atoms in total. The van der Waals surface area contributed by atoms with Gasteiger partial charge in [-0.3, -0.25) is 4.79 Å². The number of aryl methyl sites for hydroxylation is 1. The van der Waals surface area contributed by atoms with Crippen molar-refractivity contribution in [2.24, 2.45) is 0 Å². The second-order valence-corrected chi connectivity index (χ2v) is 6.67. The normalized spacial score (nSPS) is 10.9. The van der Waals surface area contributed by atoms with E-state index in [0.29, 0.717) is 12.1 Å². The Balaban J connectivity index is 1.59. The lowest BCUT2D eigenvalue weighted by Crippen LogP contribution is -2.22. The van der Waals surface area contributed by atoms with Crippen LogP contribution >= 0.6 is 0 Å². The first-order chi connectivity index (χ1) is 12.5. The second-order valence-electron chi connectivity index (χ2n) is 6.67. The van der Waals surface area contributed by atoms with Crippen molar-refractivity contribution in [3.63, 3.8) is 0 Å². The summed E-state index contributed by atoms with van der Waals surface area (Å²) >= 11 is 0. The quantitative estimate of drug-likeness (QED) is 0.744. The van der Waals surface area contributed by atoms with Crippen molar-refractivity contribution in [1.82, 2.24) is 20.0 Å². The van der Waals surface area contributed by atoms with Crippen molar-refractivity contribution in [3.05, 3.63) is 83.2 Å². The van der Waals surface area contributed by atoms with Gasteiger partial charge in [-0.15, -0.1) is 0 Å². The van der Waals surface area contributed by atoms with Crippen LogP contribution in [0.5, 0.6) is 0 Å². The highest BCUT2D eigenvalue weighted by Gasteiger charge is 2.07. The van der Waals surface area contributed by atoms with E-state index in [1.165, 1.54) is 5.56 Å². The van der Waals surface area contributed by atoms with Crippen LogP contribution in [0, 0.1) is 6.92 Å². The first kappa shape index (κ1) is 17.9. The molecule has 0 unspecified atom stereocenters. The van der Waals surface area contributed by atoms with Crippen molar-refractivity contribution in [1.29, 1.82) is 0 Å². The summed E-state index contributed by atoms with van der Waals surface area (Å²) in [6.07, 6.45) is 1.76. The van der Waals surface area contributed by atoms with Gasteiger partial charge < -0.3 is 10.2 Å². The molecule has 134 valence electrons. The molecule has 26 heavy (non-hydrogen) atoms. The molecule has 3 rings (SSSR count). The number of amides is 1. The van der Waals surface area contributed by atoms with Crippen LogP contribution in [0.4, 0.5) is 0 Å². The molecule has 5 heteroatoms. The Kier molecular flexibility index (Phi) is 5.49. The smallest absolute Gasteiger partial charge is 0.251 e. The van der Waals surface area contributed by atoms with E-state index in [0.717, 1.165) is 23.5 Å². The largest absolute Gasteiger partial charge is 0.348 e. The summed E-state index contributed by atoms with van der Waals surface area (Å²) in [6, 6.07) is 17.7. The summed E-state index contributed by atoms with van der Waals surface area (Å²) in [5.74, 6) is -0.0777. The van der Waals surface area contributed by atoms with E-state index in [1.807, 2.05) is 56.0 Å². The molecule has 0 aliphatic carbocycles. The average Bonchev–Trinajstić information content (AvgIpc) is 3.06. The summed E-state index contributed by atoms with van der Waals surface area (Å²) in [5.41, 5.74) is 4.99. The molecule has 0 aliphatic rings. The Bertz CT molecular complexity index is 864. The Morgan fingerprint density at radius 3 is 2.23 bits per heavy atom. The fourth-order valence-electron chi connectivity index (χ4n) is 2.81. The third kappa shape index (κ3) is 4.37. The predicted molar refractivity (Wildman–Crippen MR) is 103 cm³/mol. The van der Waals surface area contributed by atoms with E-state index < -0.39 is 0 Å². The van der Waals surface area contributed by atoms with Gasteiger partial charge in [-0.1, -0.05) is 24.3 Å². The lowest BCUT2D eigenvalue weighted by atomic mass is 10.1. The summed E-state index contributed by atoms with van der Waals surface area (Å²) in [7, 11) is 4.10. The molecule has 0 atom stereocenters. The van der Waals surface area contributed by atoms with E-state index in [9.17, 15) is 4.79 Å². The number of nitrogens with one attached hydrogen (secondary N) is 1. The van der Waals surface area contributed by atoms with Gasteiger partial charge in [0.25, 0.3) is 5.91 Å². The minimum Gasteiger partial charge on any atom is -0.348 e. The van der Waals surface area contributed by atoms with Gasteiger partial charge in [0.2, 0.25) is 0 Å². The van der Waals surface area contributed by atoms with Gasteiger partial charge in [-0.2, -0.15) is 5.10 Å². The maximum atomic E-state index is 12.4. The molecule has 0 saturated carbocycles. The lowest BCUT2D eigenvalue weighted by molar-refractivity contribution is 0.0951. The third-order valence-corrected chi connectivity index (χ3v) is 4.18.